The summed E-state index contributed by atoms with van der Waals surface area (Å²) in [5.74, 6) is 1.04. The van der Waals surface area contributed by atoms with Crippen LogP contribution in [0.3, 0.4) is 0 Å². The molecule has 0 N–H and O–H groups in total. The molecule has 1 aromatic rings. The molecule has 2 rings (SSSR count). The molecule has 0 amide bonds. The second-order valence-electron chi connectivity index (χ2n) is 3.73. The van der Waals surface area contributed by atoms with E-state index in [0.717, 1.165) is 15.4 Å². The van der Waals surface area contributed by atoms with Gasteiger partial charge in [0.05, 0.1) is 0 Å². The van der Waals surface area contributed by atoms with Gasteiger partial charge in [-0.05, 0) is 68.8 Å². The number of rotatable bonds is 2. The summed E-state index contributed by atoms with van der Waals surface area (Å²) < 4.78 is 2.12. The van der Waals surface area contributed by atoms with Crippen LogP contribution in [0.1, 0.15) is 24.8 Å². The highest BCUT2D eigenvalue weighted by atomic mass is 79.9. The van der Waals surface area contributed by atoms with Gasteiger partial charge in [-0.2, -0.15) is 0 Å². The molecule has 0 spiro atoms. The van der Waals surface area contributed by atoms with Crippen molar-refractivity contribution in [2.24, 2.45) is 5.92 Å². The topological polar surface area (TPSA) is 17.1 Å². The number of benzene rings is 1. The molecule has 0 heterocycles. The van der Waals surface area contributed by atoms with Gasteiger partial charge in [-0.25, -0.2) is 0 Å². The number of Topliss-reactive ketones (excluding diaryl/α,β-unsaturated/α-hetero) is 1. The SMILES string of the molecule is CC(=O)C1CC1c1ccc(Br)c(Br)c1. The molecule has 0 aliphatic heterocycles. The van der Waals surface area contributed by atoms with Crippen LogP contribution in [0.5, 0.6) is 0 Å². The molecule has 1 fully saturated rings. The first-order valence-electron chi connectivity index (χ1n) is 4.55. The molecule has 0 saturated heterocycles. The minimum atomic E-state index is 0.267. The van der Waals surface area contributed by atoms with Crippen molar-refractivity contribution >= 4 is 37.6 Å². The van der Waals surface area contributed by atoms with Crippen molar-refractivity contribution < 1.29 is 4.79 Å². The Morgan fingerprint density at radius 3 is 2.57 bits per heavy atom. The maximum atomic E-state index is 11.1. The second kappa shape index (κ2) is 3.78. The van der Waals surface area contributed by atoms with E-state index in [2.05, 4.69) is 44.0 Å². The first-order chi connectivity index (χ1) is 6.59. The Balaban J connectivity index is 2.20. The Morgan fingerprint density at radius 1 is 1.36 bits per heavy atom. The van der Waals surface area contributed by atoms with Gasteiger partial charge in [0.2, 0.25) is 0 Å². The fourth-order valence-electron chi connectivity index (χ4n) is 1.76. The molecule has 1 aromatic carbocycles. The molecular weight excluding hydrogens is 308 g/mol. The Kier molecular flexibility index (Phi) is 2.80. The van der Waals surface area contributed by atoms with Gasteiger partial charge in [0.1, 0.15) is 5.78 Å². The highest BCUT2D eigenvalue weighted by Crippen LogP contribution is 2.48. The van der Waals surface area contributed by atoms with Crippen LogP contribution in [-0.4, -0.2) is 5.78 Å². The van der Waals surface area contributed by atoms with Gasteiger partial charge in [0, 0.05) is 14.9 Å². The summed E-state index contributed by atoms with van der Waals surface area (Å²) in [6, 6.07) is 6.20. The summed E-state index contributed by atoms with van der Waals surface area (Å²) in [5, 5.41) is 0. The van der Waals surface area contributed by atoms with Crippen molar-refractivity contribution in [3.63, 3.8) is 0 Å². The zero-order valence-electron chi connectivity index (χ0n) is 7.76. The van der Waals surface area contributed by atoms with Crippen LogP contribution in [-0.2, 0) is 4.79 Å². The smallest absolute Gasteiger partial charge is 0.133 e. The molecule has 1 saturated carbocycles. The van der Waals surface area contributed by atoms with E-state index >= 15 is 0 Å². The van der Waals surface area contributed by atoms with E-state index in [4.69, 9.17) is 0 Å². The normalized spacial score (nSPS) is 24.8. The molecular formula is C11H10Br2O. The Hall–Kier alpha value is -0.150. The fraction of sp³-hybridized carbons (Fsp3) is 0.364. The molecule has 1 nitrogen and oxygen atoms in total. The van der Waals surface area contributed by atoms with Gasteiger partial charge < -0.3 is 0 Å². The molecule has 0 radical (unpaired) electrons. The van der Waals surface area contributed by atoms with Gasteiger partial charge in [0.15, 0.2) is 0 Å². The second-order valence-corrected chi connectivity index (χ2v) is 5.44. The summed E-state index contributed by atoms with van der Waals surface area (Å²) in [6.07, 6.45) is 1.02. The fourth-order valence-corrected chi connectivity index (χ4v) is 2.40. The van der Waals surface area contributed by atoms with Crippen molar-refractivity contribution in [3.05, 3.63) is 32.7 Å². The molecule has 2 atom stereocenters. The Bertz CT molecular complexity index is 387. The van der Waals surface area contributed by atoms with E-state index in [1.165, 1.54) is 5.56 Å². The van der Waals surface area contributed by atoms with Crippen molar-refractivity contribution in [1.82, 2.24) is 0 Å². The number of hydrogen-bond acceptors (Lipinski definition) is 1. The summed E-state index contributed by atoms with van der Waals surface area (Å²) >= 11 is 6.90. The minimum absolute atomic E-state index is 0.267. The lowest BCUT2D eigenvalue weighted by atomic mass is 10.1. The zero-order valence-corrected chi connectivity index (χ0v) is 10.9. The third kappa shape index (κ3) is 1.94. The monoisotopic (exact) mass is 316 g/mol. The van der Waals surface area contributed by atoms with Gasteiger partial charge in [0.25, 0.3) is 0 Å². The lowest BCUT2D eigenvalue weighted by molar-refractivity contribution is -0.118. The van der Waals surface area contributed by atoms with Crippen molar-refractivity contribution in [2.45, 2.75) is 19.3 Å². The standard InChI is InChI=1S/C11H10Br2O/c1-6(14)8-5-9(8)7-2-3-10(12)11(13)4-7/h2-4,8-9H,5H2,1H3. The molecule has 0 bridgehead atoms. The average molecular weight is 318 g/mol. The number of carbonyl (C=O) groups excluding carboxylic acids is 1. The maximum absolute atomic E-state index is 11.1. The third-order valence-corrected chi connectivity index (χ3v) is 4.56. The average Bonchev–Trinajstić information content (AvgIpc) is 2.89. The van der Waals surface area contributed by atoms with Crippen LogP contribution in [0.4, 0.5) is 0 Å². The molecule has 1 aliphatic carbocycles. The predicted octanol–water partition coefficient (Wildman–Crippen LogP) is 3.90. The summed E-state index contributed by atoms with van der Waals surface area (Å²) in [5.41, 5.74) is 1.26. The van der Waals surface area contributed by atoms with E-state index < -0.39 is 0 Å². The summed E-state index contributed by atoms with van der Waals surface area (Å²) in [6.45, 7) is 1.68. The van der Waals surface area contributed by atoms with Crippen LogP contribution >= 0.6 is 31.9 Å². The number of carbonyl (C=O) groups is 1. The van der Waals surface area contributed by atoms with Crippen LogP contribution in [0.2, 0.25) is 0 Å². The van der Waals surface area contributed by atoms with E-state index in [-0.39, 0.29) is 5.92 Å². The van der Waals surface area contributed by atoms with E-state index in [1.807, 2.05) is 6.07 Å². The molecule has 14 heavy (non-hydrogen) atoms. The largest absolute Gasteiger partial charge is 0.300 e. The number of ketones is 1. The molecule has 74 valence electrons. The van der Waals surface area contributed by atoms with Crippen LogP contribution in [0, 0.1) is 5.92 Å². The highest BCUT2D eigenvalue weighted by Gasteiger charge is 2.41. The minimum Gasteiger partial charge on any atom is -0.300 e. The third-order valence-electron chi connectivity index (χ3n) is 2.68. The lowest BCUT2D eigenvalue weighted by Gasteiger charge is -2.01. The predicted molar refractivity (Wildman–Crippen MR) is 63.4 cm³/mol. The molecule has 2 unspecified atom stereocenters. The van der Waals surface area contributed by atoms with Crippen molar-refractivity contribution in [3.8, 4) is 0 Å². The molecule has 1 aliphatic rings. The summed E-state index contributed by atoms with van der Waals surface area (Å²) in [4.78, 5) is 11.1. The first kappa shape index (κ1) is 10.4. The van der Waals surface area contributed by atoms with E-state index in [1.54, 1.807) is 6.92 Å². The molecule has 0 aromatic heterocycles. The van der Waals surface area contributed by atoms with Gasteiger partial charge in [-0.1, -0.05) is 6.07 Å². The Labute approximate surface area is 100 Å². The molecule has 3 heteroatoms. The van der Waals surface area contributed by atoms with E-state index in [9.17, 15) is 4.79 Å². The maximum Gasteiger partial charge on any atom is 0.133 e. The van der Waals surface area contributed by atoms with E-state index in [0.29, 0.717) is 11.7 Å². The van der Waals surface area contributed by atoms with Gasteiger partial charge in [-0.3, -0.25) is 4.79 Å². The number of hydrogen-bond donors (Lipinski definition) is 0. The lowest BCUT2D eigenvalue weighted by Crippen LogP contribution is -1.94. The van der Waals surface area contributed by atoms with Crippen LogP contribution in [0.15, 0.2) is 27.1 Å². The Morgan fingerprint density at radius 2 is 2.07 bits per heavy atom. The van der Waals surface area contributed by atoms with Gasteiger partial charge >= 0.3 is 0 Å². The van der Waals surface area contributed by atoms with Gasteiger partial charge in [-0.15, -0.1) is 0 Å². The first-order valence-corrected chi connectivity index (χ1v) is 6.13. The summed E-state index contributed by atoms with van der Waals surface area (Å²) in [7, 11) is 0. The van der Waals surface area contributed by atoms with Crippen LogP contribution in [0.25, 0.3) is 0 Å². The van der Waals surface area contributed by atoms with Crippen molar-refractivity contribution in [2.75, 3.05) is 0 Å². The zero-order chi connectivity index (χ0) is 10.3. The quantitative estimate of drug-likeness (QED) is 0.808. The number of halogens is 2. The van der Waals surface area contributed by atoms with Crippen molar-refractivity contribution in [1.29, 1.82) is 0 Å². The highest BCUT2D eigenvalue weighted by molar-refractivity contribution is 9.13. The van der Waals surface area contributed by atoms with Crippen LogP contribution < -0.4 is 0 Å².